The van der Waals surface area contributed by atoms with Crippen LogP contribution in [0.4, 0.5) is 0 Å². The van der Waals surface area contributed by atoms with Gasteiger partial charge in [-0.15, -0.1) is 0 Å². The van der Waals surface area contributed by atoms with Gasteiger partial charge in [-0.05, 0) is 83.6 Å². The molecule has 0 amide bonds. The van der Waals surface area contributed by atoms with Crippen molar-refractivity contribution in [3.05, 3.63) is 93.1 Å². The smallest absolute Gasteiger partial charge is 0.343 e. The lowest BCUT2D eigenvalue weighted by molar-refractivity contribution is 0.0734. The van der Waals surface area contributed by atoms with Crippen LogP contribution in [0.3, 0.4) is 0 Å². The van der Waals surface area contributed by atoms with Crippen LogP contribution in [0, 0.1) is 10.5 Å². The quantitative estimate of drug-likeness (QED) is 0.301. The molecule has 3 aromatic rings. The van der Waals surface area contributed by atoms with E-state index in [4.69, 9.17) is 9.47 Å². The zero-order valence-corrected chi connectivity index (χ0v) is 15.9. The van der Waals surface area contributed by atoms with Crippen molar-refractivity contribution in [3.8, 4) is 11.5 Å². The van der Waals surface area contributed by atoms with E-state index in [0.717, 1.165) is 16.9 Å². The molecule has 0 saturated carbocycles. The fourth-order valence-electron chi connectivity index (χ4n) is 2.21. The van der Waals surface area contributed by atoms with Crippen LogP contribution in [0.2, 0.25) is 0 Å². The zero-order chi connectivity index (χ0) is 17.6. The number of rotatable bonds is 5. The van der Waals surface area contributed by atoms with Gasteiger partial charge in [0.1, 0.15) is 18.1 Å². The van der Waals surface area contributed by atoms with E-state index in [0.29, 0.717) is 17.9 Å². The normalized spacial score (nSPS) is 10.3. The Morgan fingerprint density at radius 2 is 1.44 bits per heavy atom. The molecule has 0 spiro atoms. The Morgan fingerprint density at radius 1 is 0.840 bits per heavy atom. The van der Waals surface area contributed by atoms with Crippen molar-refractivity contribution < 1.29 is 14.3 Å². The number of carbonyl (C=O) groups excluding carboxylic acids is 1. The molecule has 0 aliphatic carbocycles. The molecule has 0 aliphatic rings. The van der Waals surface area contributed by atoms with Gasteiger partial charge in [0.2, 0.25) is 0 Å². The monoisotopic (exact) mass is 444 g/mol. The lowest BCUT2D eigenvalue weighted by Gasteiger charge is -2.08. The topological polar surface area (TPSA) is 35.5 Å². The Hall–Kier alpha value is -2.34. The van der Waals surface area contributed by atoms with Crippen LogP contribution in [0.15, 0.2) is 72.8 Å². The summed E-state index contributed by atoms with van der Waals surface area (Å²) in [6, 6.07) is 22.5. The highest BCUT2D eigenvalue weighted by Gasteiger charge is 2.08. The van der Waals surface area contributed by atoms with Crippen molar-refractivity contribution in [2.75, 3.05) is 0 Å². The van der Waals surface area contributed by atoms with Gasteiger partial charge >= 0.3 is 5.97 Å². The van der Waals surface area contributed by atoms with Gasteiger partial charge in [-0.25, -0.2) is 4.79 Å². The Labute approximate surface area is 160 Å². The first-order chi connectivity index (χ1) is 12.1. The van der Waals surface area contributed by atoms with Crippen molar-refractivity contribution in [2.45, 2.75) is 13.5 Å². The molecule has 0 N–H and O–H groups in total. The number of benzene rings is 3. The minimum Gasteiger partial charge on any atom is -0.489 e. The number of hydrogen-bond acceptors (Lipinski definition) is 3. The molecule has 0 aliphatic heterocycles. The molecular formula is C21H17IO3. The van der Waals surface area contributed by atoms with Crippen LogP contribution in [0.1, 0.15) is 21.5 Å². The van der Waals surface area contributed by atoms with E-state index in [9.17, 15) is 4.79 Å². The molecule has 0 radical (unpaired) electrons. The Balaban J connectivity index is 1.57. The van der Waals surface area contributed by atoms with Crippen LogP contribution in [0.25, 0.3) is 0 Å². The fourth-order valence-corrected chi connectivity index (χ4v) is 2.57. The Kier molecular flexibility index (Phi) is 5.71. The van der Waals surface area contributed by atoms with Crippen LogP contribution in [-0.2, 0) is 6.61 Å². The maximum absolute atomic E-state index is 12.1. The van der Waals surface area contributed by atoms with Gasteiger partial charge in [0, 0.05) is 3.57 Å². The lowest BCUT2D eigenvalue weighted by Crippen LogP contribution is -2.08. The number of hydrogen-bond donors (Lipinski definition) is 0. The predicted molar refractivity (Wildman–Crippen MR) is 106 cm³/mol. The summed E-state index contributed by atoms with van der Waals surface area (Å²) >= 11 is 2.26. The van der Waals surface area contributed by atoms with Gasteiger partial charge in [0.25, 0.3) is 0 Å². The summed E-state index contributed by atoms with van der Waals surface area (Å²) in [4.78, 5) is 12.1. The average Bonchev–Trinajstić information content (AvgIpc) is 2.63. The number of halogens is 1. The van der Waals surface area contributed by atoms with Gasteiger partial charge in [0.15, 0.2) is 0 Å². The maximum Gasteiger partial charge on any atom is 0.343 e. The molecule has 0 atom stereocenters. The predicted octanol–water partition coefficient (Wildman–Crippen LogP) is 5.40. The van der Waals surface area contributed by atoms with Crippen LogP contribution in [-0.4, -0.2) is 5.97 Å². The third-order valence-electron chi connectivity index (χ3n) is 3.64. The summed E-state index contributed by atoms with van der Waals surface area (Å²) in [7, 11) is 0. The van der Waals surface area contributed by atoms with Crippen molar-refractivity contribution in [1.82, 2.24) is 0 Å². The van der Waals surface area contributed by atoms with Crippen LogP contribution in [0.5, 0.6) is 11.5 Å². The molecule has 0 heterocycles. The molecule has 25 heavy (non-hydrogen) atoms. The van der Waals surface area contributed by atoms with Gasteiger partial charge in [-0.3, -0.25) is 0 Å². The second kappa shape index (κ2) is 8.16. The highest BCUT2D eigenvalue weighted by Crippen LogP contribution is 2.18. The van der Waals surface area contributed by atoms with E-state index in [1.54, 1.807) is 24.3 Å². The first-order valence-corrected chi connectivity index (χ1v) is 8.94. The van der Waals surface area contributed by atoms with Gasteiger partial charge in [-0.1, -0.05) is 29.8 Å². The minimum absolute atomic E-state index is 0.358. The first kappa shape index (κ1) is 17.5. The Morgan fingerprint density at radius 3 is 2.08 bits per heavy atom. The van der Waals surface area contributed by atoms with E-state index in [1.165, 1.54) is 3.57 Å². The van der Waals surface area contributed by atoms with Crippen molar-refractivity contribution in [2.24, 2.45) is 0 Å². The standard InChI is InChI=1S/C21H17IO3/c1-15-2-6-17(7-3-15)21(23)25-20-10-4-16(5-11-20)14-24-19-12-8-18(22)9-13-19/h2-13H,14H2,1H3. The molecule has 4 heteroatoms. The van der Waals surface area contributed by atoms with E-state index in [2.05, 4.69) is 22.6 Å². The summed E-state index contributed by atoms with van der Waals surface area (Å²) in [6.45, 7) is 2.44. The average molecular weight is 444 g/mol. The first-order valence-electron chi connectivity index (χ1n) is 7.86. The summed E-state index contributed by atoms with van der Waals surface area (Å²) in [5.41, 5.74) is 2.65. The summed E-state index contributed by atoms with van der Waals surface area (Å²) < 4.78 is 12.3. The van der Waals surface area contributed by atoms with E-state index >= 15 is 0 Å². The summed E-state index contributed by atoms with van der Waals surface area (Å²) in [5.74, 6) is 0.988. The van der Waals surface area contributed by atoms with Crippen molar-refractivity contribution >= 4 is 28.6 Å². The molecule has 0 unspecified atom stereocenters. The Bertz CT molecular complexity index is 838. The number of aryl methyl sites for hydroxylation is 1. The third kappa shape index (κ3) is 5.06. The van der Waals surface area contributed by atoms with Crippen LogP contribution >= 0.6 is 22.6 Å². The van der Waals surface area contributed by atoms with Gasteiger partial charge in [0.05, 0.1) is 5.56 Å². The lowest BCUT2D eigenvalue weighted by atomic mass is 10.1. The van der Waals surface area contributed by atoms with E-state index in [1.807, 2.05) is 55.5 Å². The maximum atomic E-state index is 12.1. The zero-order valence-electron chi connectivity index (χ0n) is 13.7. The van der Waals surface area contributed by atoms with Crippen molar-refractivity contribution in [1.29, 1.82) is 0 Å². The van der Waals surface area contributed by atoms with Gasteiger partial charge in [-0.2, -0.15) is 0 Å². The molecule has 3 rings (SSSR count). The highest BCUT2D eigenvalue weighted by molar-refractivity contribution is 14.1. The van der Waals surface area contributed by atoms with Crippen molar-refractivity contribution in [3.63, 3.8) is 0 Å². The molecule has 0 aromatic heterocycles. The summed E-state index contributed by atoms with van der Waals surface area (Å²) in [5, 5.41) is 0. The second-order valence-electron chi connectivity index (χ2n) is 5.64. The molecule has 0 fully saturated rings. The largest absolute Gasteiger partial charge is 0.489 e. The molecule has 0 saturated heterocycles. The van der Waals surface area contributed by atoms with Gasteiger partial charge < -0.3 is 9.47 Å². The number of carbonyl (C=O) groups is 1. The van der Waals surface area contributed by atoms with Crippen LogP contribution < -0.4 is 9.47 Å². The number of ether oxygens (including phenoxy) is 2. The number of esters is 1. The minimum atomic E-state index is -0.358. The SMILES string of the molecule is Cc1ccc(C(=O)Oc2ccc(COc3ccc(I)cc3)cc2)cc1. The third-order valence-corrected chi connectivity index (χ3v) is 4.36. The molecule has 3 aromatic carbocycles. The molecule has 3 nitrogen and oxygen atoms in total. The molecule has 126 valence electrons. The van der Waals surface area contributed by atoms with E-state index < -0.39 is 0 Å². The highest BCUT2D eigenvalue weighted by atomic mass is 127. The fraction of sp³-hybridized carbons (Fsp3) is 0.0952. The summed E-state index contributed by atoms with van der Waals surface area (Å²) in [6.07, 6.45) is 0. The molecular weight excluding hydrogens is 427 g/mol. The van der Waals surface area contributed by atoms with E-state index in [-0.39, 0.29) is 5.97 Å². The second-order valence-corrected chi connectivity index (χ2v) is 6.89. The molecule has 0 bridgehead atoms.